The Morgan fingerprint density at radius 1 is 1.40 bits per heavy atom. The third-order valence-corrected chi connectivity index (χ3v) is 8.35. The molecule has 0 unspecified atom stereocenters. The van der Waals surface area contributed by atoms with E-state index in [1.165, 1.54) is 13.0 Å². The molecular formula is C5H15NO2Si2. The van der Waals surface area contributed by atoms with Gasteiger partial charge in [0.2, 0.25) is 0 Å². The Kier molecular flexibility index (Phi) is 2.64. The number of nitrogens with zero attached hydrogens (tertiary/aromatic N) is 1. The third-order valence-electron chi connectivity index (χ3n) is 2.21. The molecule has 0 aromatic heterocycles. The summed E-state index contributed by atoms with van der Waals surface area (Å²) in [5.74, 6) is 0. The van der Waals surface area contributed by atoms with E-state index in [1.54, 1.807) is 14.2 Å². The summed E-state index contributed by atoms with van der Waals surface area (Å²) in [5, 5.41) is 0. The summed E-state index contributed by atoms with van der Waals surface area (Å²) >= 11 is 0. The van der Waals surface area contributed by atoms with Crippen LogP contribution in [0.5, 0.6) is 0 Å². The molecule has 0 bridgehead atoms. The number of rotatable bonds is 2. The zero-order valence-electron chi connectivity index (χ0n) is 6.89. The van der Waals surface area contributed by atoms with E-state index < -0.39 is 8.72 Å². The van der Waals surface area contributed by atoms with Gasteiger partial charge in [-0.3, -0.25) is 0 Å². The first-order valence-electron chi connectivity index (χ1n) is 3.57. The fourth-order valence-electron chi connectivity index (χ4n) is 1.50. The largest absolute Gasteiger partial charge is 0.419 e. The van der Waals surface area contributed by atoms with Crippen molar-refractivity contribution in [2.24, 2.45) is 0 Å². The first kappa shape index (κ1) is 8.41. The summed E-state index contributed by atoms with van der Waals surface area (Å²) in [7, 11) is 2.83. The third kappa shape index (κ3) is 1.19. The van der Waals surface area contributed by atoms with E-state index in [0.717, 1.165) is 16.4 Å². The van der Waals surface area contributed by atoms with Gasteiger partial charge in [0.1, 0.15) is 0 Å². The molecule has 10 heavy (non-hydrogen) atoms. The molecule has 5 heteroatoms. The molecule has 1 saturated heterocycles. The monoisotopic (exact) mass is 177 g/mol. The quantitative estimate of drug-likeness (QED) is 0.516. The van der Waals surface area contributed by atoms with Crippen molar-refractivity contribution < 1.29 is 8.85 Å². The molecule has 0 aliphatic carbocycles. The van der Waals surface area contributed by atoms with Gasteiger partial charge in [0.05, 0.1) is 10.4 Å². The van der Waals surface area contributed by atoms with Gasteiger partial charge in [0.15, 0.2) is 0 Å². The Bertz CT molecular complexity index is 118. The van der Waals surface area contributed by atoms with Crippen LogP contribution < -0.4 is 0 Å². The average Bonchev–Trinajstić information content (AvgIpc) is 2.32. The molecule has 1 rings (SSSR count). The standard InChI is InChI=1S/C5H15NO2Si2/c1-7-10(8-2)5-3-4-6(10)9/h3-5H2,1-2,9H3. The molecule has 0 atom stereocenters. The minimum Gasteiger partial charge on any atom is -0.386 e. The minimum absolute atomic E-state index is 1.07. The first-order chi connectivity index (χ1) is 4.75. The van der Waals surface area contributed by atoms with Crippen molar-refractivity contribution in [1.82, 2.24) is 4.23 Å². The Morgan fingerprint density at radius 3 is 2.20 bits per heavy atom. The second-order valence-electron chi connectivity index (χ2n) is 2.65. The van der Waals surface area contributed by atoms with Crippen LogP contribution in [0.1, 0.15) is 6.42 Å². The lowest BCUT2D eigenvalue weighted by atomic mass is 10.5. The molecule has 1 heterocycles. The maximum Gasteiger partial charge on any atom is 0.419 e. The van der Waals surface area contributed by atoms with Crippen LogP contribution in [0.2, 0.25) is 6.04 Å². The molecule has 0 spiro atoms. The maximum atomic E-state index is 5.44. The Morgan fingerprint density at radius 2 is 2.00 bits per heavy atom. The number of hydrogen-bond acceptors (Lipinski definition) is 3. The molecule has 1 aliphatic heterocycles. The van der Waals surface area contributed by atoms with Crippen LogP contribution in [0, 0.1) is 0 Å². The summed E-state index contributed by atoms with van der Waals surface area (Å²) < 4.78 is 13.2. The van der Waals surface area contributed by atoms with Crippen LogP contribution in [0.25, 0.3) is 0 Å². The van der Waals surface area contributed by atoms with Crippen molar-refractivity contribution in [3.05, 3.63) is 0 Å². The van der Waals surface area contributed by atoms with Crippen LogP contribution in [0.4, 0.5) is 0 Å². The summed E-state index contributed by atoms with van der Waals surface area (Å²) in [6.45, 7) is 1.18. The molecule has 1 fully saturated rings. The molecule has 0 aromatic rings. The number of hydrogen-bond donors (Lipinski definition) is 0. The predicted octanol–water partition coefficient (Wildman–Crippen LogP) is -0.796. The molecule has 3 nitrogen and oxygen atoms in total. The van der Waals surface area contributed by atoms with E-state index in [2.05, 4.69) is 4.23 Å². The SMILES string of the molecule is CO[Si]1(OC)CCCN1[SiH3]. The lowest BCUT2D eigenvalue weighted by Crippen LogP contribution is -2.51. The van der Waals surface area contributed by atoms with E-state index in [1.807, 2.05) is 0 Å². The van der Waals surface area contributed by atoms with Crippen LogP contribution in [0.3, 0.4) is 0 Å². The highest BCUT2D eigenvalue weighted by Gasteiger charge is 2.44. The van der Waals surface area contributed by atoms with Crippen molar-refractivity contribution in [2.75, 3.05) is 20.8 Å². The molecular weight excluding hydrogens is 162 g/mol. The van der Waals surface area contributed by atoms with E-state index in [0.29, 0.717) is 0 Å². The summed E-state index contributed by atoms with van der Waals surface area (Å²) in [6.07, 6.45) is 1.25. The maximum absolute atomic E-state index is 5.44. The highest BCUT2D eigenvalue weighted by molar-refractivity contribution is 6.69. The average molecular weight is 177 g/mol. The van der Waals surface area contributed by atoms with Gasteiger partial charge in [0, 0.05) is 20.3 Å². The van der Waals surface area contributed by atoms with Gasteiger partial charge in [-0.2, -0.15) is 0 Å². The van der Waals surface area contributed by atoms with E-state index in [9.17, 15) is 0 Å². The van der Waals surface area contributed by atoms with Gasteiger partial charge < -0.3 is 13.1 Å². The van der Waals surface area contributed by atoms with Crippen molar-refractivity contribution in [2.45, 2.75) is 12.5 Å². The molecule has 60 valence electrons. The minimum atomic E-state index is -1.79. The molecule has 0 N–H and O–H groups in total. The van der Waals surface area contributed by atoms with Crippen molar-refractivity contribution in [3.8, 4) is 0 Å². The Balaban J connectivity index is 2.61. The lowest BCUT2D eigenvalue weighted by Gasteiger charge is -2.28. The van der Waals surface area contributed by atoms with Gasteiger partial charge in [-0.05, 0) is 13.0 Å². The van der Waals surface area contributed by atoms with Crippen LogP contribution >= 0.6 is 0 Å². The van der Waals surface area contributed by atoms with Gasteiger partial charge in [0.25, 0.3) is 0 Å². The molecule has 0 aromatic carbocycles. The Hall–Kier alpha value is 0.314. The van der Waals surface area contributed by atoms with Gasteiger partial charge in [-0.1, -0.05) is 0 Å². The second-order valence-corrected chi connectivity index (χ2v) is 8.13. The molecule has 0 radical (unpaired) electrons. The fraction of sp³-hybridized carbons (Fsp3) is 1.00. The highest BCUT2D eigenvalue weighted by Crippen LogP contribution is 2.24. The van der Waals surface area contributed by atoms with E-state index >= 15 is 0 Å². The zero-order chi connectivity index (χ0) is 7.61. The molecule has 1 aliphatic rings. The Labute approximate surface area is 66.1 Å². The highest BCUT2D eigenvalue weighted by atomic mass is 28.4. The van der Waals surface area contributed by atoms with Crippen LogP contribution in [0.15, 0.2) is 0 Å². The van der Waals surface area contributed by atoms with E-state index in [-0.39, 0.29) is 0 Å². The van der Waals surface area contributed by atoms with Crippen molar-refractivity contribution in [1.29, 1.82) is 0 Å². The second kappa shape index (κ2) is 3.14. The fourth-order valence-corrected chi connectivity index (χ4v) is 6.27. The first-order valence-corrected chi connectivity index (χ1v) is 6.43. The summed E-state index contributed by atoms with van der Waals surface area (Å²) in [4.78, 5) is 0. The van der Waals surface area contributed by atoms with Crippen molar-refractivity contribution in [3.63, 3.8) is 0 Å². The topological polar surface area (TPSA) is 21.7 Å². The molecule has 0 amide bonds. The van der Waals surface area contributed by atoms with Gasteiger partial charge >= 0.3 is 8.72 Å². The van der Waals surface area contributed by atoms with Crippen molar-refractivity contribution >= 4 is 19.1 Å². The normalized spacial score (nSPS) is 25.8. The summed E-state index contributed by atoms with van der Waals surface area (Å²) in [6, 6.07) is 1.14. The molecule has 0 saturated carbocycles. The summed E-state index contributed by atoms with van der Waals surface area (Å²) in [5.41, 5.74) is 0. The van der Waals surface area contributed by atoms with Crippen LogP contribution in [-0.4, -0.2) is 44.1 Å². The lowest BCUT2D eigenvalue weighted by molar-refractivity contribution is 0.214. The van der Waals surface area contributed by atoms with Crippen LogP contribution in [-0.2, 0) is 8.85 Å². The van der Waals surface area contributed by atoms with Gasteiger partial charge in [-0.15, -0.1) is 0 Å². The predicted molar refractivity (Wildman–Crippen MR) is 45.8 cm³/mol. The zero-order valence-corrected chi connectivity index (χ0v) is 9.89. The smallest absolute Gasteiger partial charge is 0.386 e. The van der Waals surface area contributed by atoms with Gasteiger partial charge in [-0.25, -0.2) is 0 Å². The van der Waals surface area contributed by atoms with E-state index in [4.69, 9.17) is 8.85 Å².